The normalized spacial score (nSPS) is 22.7. The summed E-state index contributed by atoms with van der Waals surface area (Å²) in [6, 6.07) is 0. The van der Waals surface area contributed by atoms with E-state index in [-0.39, 0.29) is 12.8 Å². The third-order valence-corrected chi connectivity index (χ3v) is 1.34. The van der Waals surface area contributed by atoms with E-state index in [1.54, 1.807) is 0 Å². The second-order valence-corrected chi connectivity index (χ2v) is 2.06. The van der Waals surface area contributed by atoms with E-state index in [2.05, 4.69) is 0 Å². The fraction of sp³-hybridized carbons (Fsp3) is 1.00. The van der Waals surface area contributed by atoms with Crippen LogP contribution in [0.5, 0.6) is 0 Å². The Morgan fingerprint density at radius 1 is 1.00 bits per heavy atom. The van der Waals surface area contributed by atoms with E-state index in [0.29, 0.717) is 12.8 Å². The molecule has 0 aliphatic heterocycles. The lowest BCUT2D eigenvalue weighted by Gasteiger charge is -2.03. The van der Waals surface area contributed by atoms with Crippen LogP contribution >= 0.6 is 0 Å². The molecule has 1 aliphatic rings. The molecule has 0 radical (unpaired) electrons. The average molecular weight is 136 g/mol. The van der Waals surface area contributed by atoms with E-state index in [1.165, 1.54) is 0 Å². The Kier molecular flexibility index (Phi) is 3.75. The third-order valence-electron chi connectivity index (χ3n) is 1.34. The molecule has 0 heterocycles. The summed E-state index contributed by atoms with van der Waals surface area (Å²) in [4.78, 5) is 0. The minimum absolute atomic E-state index is 0.118. The largest absolute Gasteiger partial charge is 0.248 e. The molecule has 1 fully saturated rings. The minimum Gasteiger partial charge on any atom is -0.207 e. The molecule has 0 aromatic rings. The smallest absolute Gasteiger partial charge is 0.207 e. The Hall–Kier alpha value is -0.140. The Balaban J connectivity index is 0.000000291. The number of alkyl halides is 2. The summed E-state index contributed by atoms with van der Waals surface area (Å²) in [5.74, 6) is -2.31. The maximum Gasteiger partial charge on any atom is 0.248 e. The van der Waals surface area contributed by atoms with Crippen LogP contribution in [0.4, 0.5) is 8.78 Å². The Morgan fingerprint density at radius 2 is 1.33 bits per heavy atom. The SMILES string of the molecule is CC.FC1(F)CCCC1. The highest BCUT2D eigenvalue weighted by Gasteiger charge is 2.32. The molecule has 0 aromatic carbocycles. The van der Waals surface area contributed by atoms with Gasteiger partial charge in [-0.3, -0.25) is 0 Å². The van der Waals surface area contributed by atoms with Gasteiger partial charge in [0.2, 0.25) is 5.92 Å². The van der Waals surface area contributed by atoms with Gasteiger partial charge in [-0.1, -0.05) is 13.8 Å². The van der Waals surface area contributed by atoms with E-state index in [9.17, 15) is 8.78 Å². The van der Waals surface area contributed by atoms with Crippen molar-refractivity contribution in [3.63, 3.8) is 0 Å². The molecule has 0 unspecified atom stereocenters. The molecular weight excluding hydrogens is 122 g/mol. The standard InChI is InChI=1S/C5H8F2.C2H6/c6-5(7)3-1-2-4-5;1-2/h1-4H2;1-2H3. The number of rotatable bonds is 0. The summed E-state index contributed by atoms with van der Waals surface area (Å²) in [5, 5.41) is 0. The van der Waals surface area contributed by atoms with E-state index in [0.717, 1.165) is 0 Å². The lowest BCUT2D eigenvalue weighted by Crippen LogP contribution is -2.06. The molecule has 0 bridgehead atoms. The van der Waals surface area contributed by atoms with Gasteiger partial charge in [-0.25, -0.2) is 8.78 Å². The minimum atomic E-state index is -2.31. The Labute approximate surface area is 55.3 Å². The summed E-state index contributed by atoms with van der Waals surface area (Å²) in [6.07, 6.45) is 1.67. The first-order valence-electron chi connectivity index (χ1n) is 3.59. The van der Waals surface area contributed by atoms with Gasteiger partial charge in [-0.15, -0.1) is 0 Å². The molecule has 0 atom stereocenters. The molecule has 2 heteroatoms. The van der Waals surface area contributed by atoms with Gasteiger partial charge in [0.05, 0.1) is 0 Å². The number of halogens is 2. The van der Waals surface area contributed by atoms with Crippen LogP contribution in [0.15, 0.2) is 0 Å². The molecule has 0 saturated heterocycles. The van der Waals surface area contributed by atoms with Crippen molar-refractivity contribution in [3.05, 3.63) is 0 Å². The predicted molar refractivity (Wildman–Crippen MR) is 34.8 cm³/mol. The highest BCUT2D eigenvalue weighted by atomic mass is 19.3. The van der Waals surface area contributed by atoms with E-state index < -0.39 is 5.92 Å². The van der Waals surface area contributed by atoms with Crippen LogP contribution in [0.3, 0.4) is 0 Å². The molecule has 1 saturated carbocycles. The van der Waals surface area contributed by atoms with Crippen molar-refractivity contribution in [2.45, 2.75) is 45.5 Å². The van der Waals surface area contributed by atoms with Crippen molar-refractivity contribution in [2.24, 2.45) is 0 Å². The monoisotopic (exact) mass is 136 g/mol. The first-order chi connectivity index (χ1) is 4.21. The zero-order chi connectivity index (χ0) is 7.33. The van der Waals surface area contributed by atoms with Crippen molar-refractivity contribution in [1.29, 1.82) is 0 Å². The van der Waals surface area contributed by atoms with Gasteiger partial charge < -0.3 is 0 Å². The van der Waals surface area contributed by atoms with Gasteiger partial charge in [0, 0.05) is 12.8 Å². The second-order valence-electron chi connectivity index (χ2n) is 2.06. The first-order valence-corrected chi connectivity index (χ1v) is 3.59. The van der Waals surface area contributed by atoms with Crippen molar-refractivity contribution in [1.82, 2.24) is 0 Å². The van der Waals surface area contributed by atoms with Crippen molar-refractivity contribution < 1.29 is 8.78 Å². The molecule has 56 valence electrons. The number of hydrogen-bond acceptors (Lipinski definition) is 0. The lowest BCUT2D eigenvalue weighted by molar-refractivity contribution is 0.00932. The molecule has 1 aliphatic carbocycles. The third kappa shape index (κ3) is 3.44. The summed E-state index contributed by atoms with van der Waals surface area (Å²) in [5.41, 5.74) is 0. The van der Waals surface area contributed by atoms with Crippen LogP contribution in [-0.2, 0) is 0 Å². The van der Waals surface area contributed by atoms with Gasteiger partial charge >= 0.3 is 0 Å². The van der Waals surface area contributed by atoms with Gasteiger partial charge in [0.25, 0.3) is 0 Å². The zero-order valence-corrected chi connectivity index (χ0v) is 6.08. The van der Waals surface area contributed by atoms with Crippen LogP contribution in [0.1, 0.15) is 39.5 Å². The van der Waals surface area contributed by atoms with Crippen molar-refractivity contribution >= 4 is 0 Å². The molecule has 0 nitrogen and oxygen atoms in total. The summed E-state index contributed by atoms with van der Waals surface area (Å²) >= 11 is 0. The van der Waals surface area contributed by atoms with E-state index in [4.69, 9.17) is 0 Å². The van der Waals surface area contributed by atoms with Gasteiger partial charge in [0.1, 0.15) is 0 Å². The highest BCUT2D eigenvalue weighted by molar-refractivity contribution is 4.72. The fourth-order valence-electron chi connectivity index (χ4n) is 0.892. The van der Waals surface area contributed by atoms with Gasteiger partial charge in [0.15, 0.2) is 0 Å². The van der Waals surface area contributed by atoms with Crippen LogP contribution < -0.4 is 0 Å². The van der Waals surface area contributed by atoms with Crippen LogP contribution in [-0.4, -0.2) is 5.92 Å². The Morgan fingerprint density at radius 3 is 1.44 bits per heavy atom. The molecule has 1 rings (SSSR count). The summed E-state index contributed by atoms with van der Waals surface area (Å²) < 4.78 is 23.9. The van der Waals surface area contributed by atoms with E-state index >= 15 is 0 Å². The lowest BCUT2D eigenvalue weighted by atomic mass is 10.3. The molecule has 0 amide bonds. The maximum absolute atomic E-state index is 11.9. The summed E-state index contributed by atoms with van der Waals surface area (Å²) in [7, 11) is 0. The molecule has 0 aromatic heterocycles. The maximum atomic E-state index is 11.9. The van der Waals surface area contributed by atoms with Gasteiger partial charge in [-0.05, 0) is 12.8 Å². The quantitative estimate of drug-likeness (QED) is 0.479. The molecule has 9 heavy (non-hydrogen) atoms. The summed E-state index contributed by atoms with van der Waals surface area (Å²) in [6.45, 7) is 4.00. The predicted octanol–water partition coefficient (Wildman–Crippen LogP) is 3.22. The van der Waals surface area contributed by atoms with Crippen LogP contribution in [0.25, 0.3) is 0 Å². The topological polar surface area (TPSA) is 0 Å². The highest BCUT2D eigenvalue weighted by Crippen LogP contribution is 2.33. The average Bonchev–Trinajstić information content (AvgIpc) is 2.19. The number of hydrogen-bond donors (Lipinski definition) is 0. The first kappa shape index (κ1) is 8.86. The second kappa shape index (κ2) is 3.80. The van der Waals surface area contributed by atoms with Crippen LogP contribution in [0.2, 0.25) is 0 Å². The van der Waals surface area contributed by atoms with Gasteiger partial charge in [-0.2, -0.15) is 0 Å². The van der Waals surface area contributed by atoms with Crippen molar-refractivity contribution in [3.8, 4) is 0 Å². The molecule has 0 N–H and O–H groups in total. The Bertz CT molecular complexity index is 61.3. The zero-order valence-electron chi connectivity index (χ0n) is 6.08. The fourth-order valence-corrected chi connectivity index (χ4v) is 0.892. The van der Waals surface area contributed by atoms with Crippen LogP contribution in [0, 0.1) is 0 Å². The molecule has 0 spiro atoms. The van der Waals surface area contributed by atoms with E-state index in [1.807, 2.05) is 13.8 Å². The van der Waals surface area contributed by atoms with Crippen molar-refractivity contribution in [2.75, 3.05) is 0 Å². The molecular formula is C7H14F2.